The van der Waals surface area contributed by atoms with E-state index in [1.807, 2.05) is 13.8 Å². The van der Waals surface area contributed by atoms with E-state index in [0.717, 1.165) is 0 Å². The van der Waals surface area contributed by atoms with E-state index in [9.17, 15) is 9.59 Å². The monoisotopic (exact) mass is 251 g/mol. The van der Waals surface area contributed by atoms with Gasteiger partial charge in [0.15, 0.2) is 0 Å². The summed E-state index contributed by atoms with van der Waals surface area (Å²) < 4.78 is 0. The second kappa shape index (κ2) is 6.58. The van der Waals surface area contributed by atoms with Crippen molar-refractivity contribution in [3.8, 4) is 0 Å². The van der Waals surface area contributed by atoms with Crippen molar-refractivity contribution in [2.45, 2.75) is 26.3 Å². The molecule has 0 fully saturated rings. The zero-order chi connectivity index (χ0) is 13.5. The van der Waals surface area contributed by atoms with Gasteiger partial charge in [-0.05, 0) is 24.5 Å². The fourth-order valence-corrected chi connectivity index (χ4v) is 1.45. The SMILES string of the molecule is CC(C)CC(NC(=O)Nc1ccncc1)C(=O)O. The molecule has 1 heterocycles. The zero-order valence-corrected chi connectivity index (χ0v) is 10.4. The van der Waals surface area contributed by atoms with E-state index in [-0.39, 0.29) is 5.92 Å². The fourth-order valence-electron chi connectivity index (χ4n) is 1.45. The number of pyridine rings is 1. The van der Waals surface area contributed by atoms with E-state index < -0.39 is 18.0 Å². The van der Waals surface area contributed by atoms with Crippen LogP contribution in [0.3, 0.4) is 0 Å². The van der Waals surface area contributed by atoms with Gasteiger partial charge >= 0.3 is 12.0 Å². The molecule has 0 aliphatic heterocycles. The quantitative estimate of drug-likeness (QED) is 0.742. The molecule has 6 nitrogen and oxygen atoms in total. The number of carbonyl (C=O) groups is 2. The van der Waals surface area contributed by atoms with Crippen LogP contribution < -0.4 is 10.6 Å². The van der Waals surface area contributed by atoms with Crippen molar-refractivity contribution in [1.29, 1.82) is 0 Å². The van der Waals surface area contributed by atoms with Crippen LogP contribution in [0.15, 0.2) is 24.5 Å². The number of rotatable bonds is 5. The summed E-state index contributed by atoms with van der Waals surface area (Å²) in [6.45, 7) is 3.80. The predicted octanol–water partition coefficient (Wildman–Crippen LogP) is 1.70. The van der Waals surface area contributed by atoms with Gasteiger partial charge in [-0.3, -0.25) is 4.98 Å². The summed E-state index contributed by atoms with van der Waals surface area (Å²) in [6, 6.07) is 1.83. The number of aromatic nitrogens is 1. The van der Waals surface area contributed by atoms with Crippen molar-refractivity contribution in [1.82, 2.24) is 10.3 Å². The number of carboxylic acid groups (broad SMARTS) is 1. The summed E-state index contributed by atoms with van der Waals surface area (Å²) >= 11 is 0. The largest absolute Gasteiger partial charge is 0.480 e. The van der Waals surface area contributed by atoms with Gasteiger partial charge in [0.2, 0.25) is 0 Å². The highest BCUT2D eigenvalue weighted by Crippen LogP contribution is 2.06. The van der Waals surface area contributed by atoms with Crippen LogP contribution in [0.25, 0.3) is 0 Å². The molecule has 1 rings (SSSR count). The second-order valence-electron chi connectivity index (χ2n) is 4.35. The van der Waals surface area contributed by atoms with Gasteiger partial charge in [0.1, 0.15) is 6.04 Å². The summed E-state index contributed by atoms with van der Waals surface area (Å²) in [5, 5.41) is 14.0. The Morgan fingerprint density at radius 1 is 1.33 bits per heavy atom. The Bertz CT molecular complexity index is 406. The van der Waals surface area contributed by atoms with Crippen molar-refractivity contribution in [3.05, 3.63) is 24.5 Å². The number of carbonyl (C=O) groups excluding carboxylic acids is 1. The highest BCUT2D eigenvalue weighted by Gasteiger charge is 2.20. The van der Waals surface area contributed by atoms with Crippen molar-refractivity contribution in [2.75, 3.05) is 5.32 Å². The van der Waals surface area contributed by atoms with Gasteiger partial charge in [0.25, 0.3) is 0 Å². The molecule has 0 saturated carbocycles. The number of nitrogens with one attached hydrogen (secondary N) is 2. The lowest BCUT2D eigenvalue weighted by molar-refractivity contribution is -0.139. The van der Waals surface area contributed by atoms with E-state index in [0.29, 0.717) is 12.1 Å². The average Bonchev–Trinajstić information content (AvgIpc) is 2.28. The first-order chi connectivity index (χ1) is 8.49. The third-order valence-corrected chi connectivity index (χ3v) is 2.25. The lowest BCUT2D eigenvalue weighted by Crippen LogP contribution is -2.43. The molecule has 18 heavy (non-hydrogen) atoms. The lowest BCUT2D eigenvalue weighted by atomic mass is 10.0. The third-order valence-electron chi connectivity index (χ3n) is 2.25. The normalized spacial score (nSPS) is 11.9. The number of hydrogen-bond donors (Lipinski definition) is 3. The molecule has 0 radical (unpaired) electrons. The molecule has 3 N–H and O–H groups in total. The van der Waals surface area contributed by atoms with Crippen LogP contribution >= 0.6 is 0 Å². The molecule has 0 bridgehead atoms. The third kappa shape index (κ3) is 4.82. The Morgan fingerprint density at radius 2 is 1.94 bits per heavy atom. The summed E-state index contributed by atoms with van der Waals surface area (Å²) in [4.78, 5) is 26.4. The molecule has 0 aromatic carbocycles. The number of amides is 2. The zero-order valence-electron chi connectivity index (χ0n) is 10.4. The number of anilines is 1. The van der Waals surface area contributed by atoms with Crippen LogP contribution in [-0.4, -0.2) is 28.1 Å². The topological polar surface area (TPSA) is 91.3 Å². The maximum absolute atomic E-state index is 11.6. The minimum absolute atomic E-state index is 0.187. The lowest BCUT2D eigenvalue weighted by Gasteiger charge is -2.16. The maximum Gasteiger partial charge on any atom is 0.326 e. The number of hydrogen-bond acceptors (Lipinski definition) is 3. The predicted molar refractivity (Wildman–Crippen MR) is 67.3 cm³/mol. The van der Waals surface area contributed by atoms with Crippen molar-refractivity contribution in [2.24, 2.45) is 5.92 Å². The van der Waals surface area contributed by atoms with Gasteiger partial charge in [-0.25, -0.2) is 9.59 Å². The fraction of sp³-hybridized carbons (Fsp3) is 0.417. The first-order valence-electron chi connectivity index (χ1n) is 5.69. The van der Waals surface area contributed by atoms with E-state index in [2.05, 4.69) is 15.6 Å². The number of urea groups is 1. The molecule has 2 amide bonds. The van der Waals surface area contributed by atoms with Crippen LogP contribution in [-0.2, 0) is 4.79 Å². The smallest absolute Gasteiger partial charge is 0.326 e. The summed E-state index contributed by atoms with van der Waals surface area (Å²) in [6.07, 6.45) is 3.47. The minimum atomic E-state index is -1.03. The van der Waals surface area contributed by atoms with Gasteiger partial charge in [-0.15, -0.1) is 0 Å². The van der Waals surface area contributed by atoms with E-state index in [1.54, 1.807) is 24.5 Å². The highest BCUT2D eigenvalue weighted by molar-refractivity contribution is 5.92. The Balaban J connectivity index is 2.54. The van der Waals surface area contributed by atoms with Crippen LogP contribution in [0.4, 0.5) is 10.5 Å². The molecule has 1 unspecified atom stereocenters. The molecule has 1 aromatic rings. The van der Waals surface area contributed by atoms with Crippen molar-refractivity contribution < 1.29 is 14.7 Å². The van der Waals surface area contributed by atoms with Crippen LogP contribution in [0.5, 0.6) is 0 Å². The Kier molecular flexibility index (Phi) is 5.10. The molecule has 98 valence electrons. The first kappa shape index (κ1) is 14.0. The number of carboxylic acids is 1. The van der Waals surface area contributed by atoms with E-state index >= 15 is 0 Å². The maximum atomic E-state index is 11.6. The van der Waals surface area contributed by atoms with Crippen LogP contribution in [0, 0.1) is 5.92 Å². The minimum Gasteiger partial charge on any atom is -0.480 e. The van der Waals surface area contributed by atoms with Gasteiger partial charge < -0.3 is 15.7 Å². The average molecular weight is 251 g/mol. The molecule has 1 atom stereocenters. The first-order valence-corrected chi connectivity index (χ1v) is 5.69. The van der Waals surface area contributed by atoms with Gasteiger partial charge in [-0.2, -0.15) is 0 Å². The summed E-state index contributed by atoms with van der Waals surface area (Å²) in [7, 11) is 0. The van der Waals surface area contributed by atoms with Crippen molar-refractivity contribution >= 4 is 17.7 Å². The van der Waals surface area contributed by atoms with Gasteiger partial charge in [0.05, 0.1) is 0 Å². The van der Waals surface area contributed by atoms with Gasteiger partial charge in [-0.1, -0.05) is 13.8 Å². The van der Waals surface area contributed by atoms with Crippen molar-refractivity contribution in [3.63, 3.8) is 0 Å². The Morgan fingerprint density at radius 3 is 2.44 bits per heavy atom. The van der Waals surface area contributed by atoms with Crippen LogP contribution in [0.1, 0.15) is 20.3 Å². The molecular weight excluding hydrogens is 234 g/mol. The molecule has 0 spiro atoms. The number of nitrogens with zero attached hydrogens (tertiary/aromatic N) is 1. The Labute approximate surface area is 105 Å². The standard InChI is InChI=1S/C12H17N3O3/c1-8(2)7-10(11(16)17)15-12(18)14-9-3-5-13-6-4-9/h3-6,8,10H,7H2,1-2H3,(H,16,17)(H2,13,14,15,18). The molecule has 0 aliphatic rings. The highest BCUT2D eigenvalue weighted by atomic mass is 16.4. The molecular formula is C12H17N3O3. The van der Waals surface area contributed by atoms with E-state index in [1.165, 1.54) is 0 Å². The number of aliphatic carboxylic acids is 1. The molecule has 6 heteroatoms. The molecule has 1 aromatic heterocycles. The van der Waals surface area contributed by atoms with Crippen LogP contribution in [0.2, 0.25) is 0 Å². The Hall–Kier alpha value is -2.11. The second-order valence-corrected chi connectivity index (χ2v) is 4.35. The summed E-state index contributed by atoms with van der Waals surface area (Å²) in [5.74, 6) is -0.846. The molecule has 0 aliphatic carbocycles. The summed E-state index contributed by atoms with van der Waals surface area (Å²) in [5.41, 5.74) is 0.566. The van der Waals surface area contributed by atoms with E-state index in [4.69, 9.17) is 5.11 Å². The molecule has 0 saturated heterocycles. The van der Waals surface area contributed by atoms with Gasteiger partial charge in [0, 0.05) is 18.1 Å².